The molecular weight excluding hydrogens is 474 g/mol. The van der Waals surface area contributed by atoms with E-state index in [9.17, 15) is 0 Å². The van der Waals surface area contributed by atoms with Crippen molar-refractivity contribution in [2.75, 3.05) is 7.11 Å². The Morgan fingerprint density at radius 2 is 1.48 bits per heavy atom. The molecule has 25 heavy (non-hydrogen) atoms. The Labute approximate surface area is 178 Å². The maximum Gasteiger partial charge on any atom is 0.235 e. The molecule has 1 heterocycles. The molecule has 0 radical (unpaired) electrons. The Hall–Kier alpha value is -0.200. The Morgan fingerprint density at radius 1 is 0.920 bits per heavy atom. The van der Waals surface area contributed by atoms with Gasteiger partial charge >= 0.3 is 0 Å². The van der Waals surface area contributed by atoms with Gasteiger partial charge in [0.25, 0.3) is 0 Å². The van der Waals surface area contributed by atoms with Crippen LogP contribution in [-0.2, 0) is 7.59 Å². The summed E-state index contributed by atoms with van der Waals surface area (Å²) in [5.74, 6) is 0.537. The summed E-state index contributed by atoms with van der Waals surface area (Å²) in [5, 5.41) is 11.4. The van der Waals surface area contributed by atoms with Gasteiger partial charge < -0.3 is 4.74 Å². The van der Waals surface area contributed by atoms with Crippen molar-refractivity contribution in [3.05, 3.63) is 45.7 Å². The lowest BCUT2D eigenvalue weighted by Gasteiger charge is -2.17. The predicted octanol–water partition coefficient (Wildman–Crippen LogP) is 6.36. The van der Waals surface area contributed by atoms with Gasteiger partial charge in [-0.15, -0.1) is 10.2 Å². The van der Waals surface area contributed by atoms with E-state index in [0.717, 1.165) is 5.56 Å². The number of nitrogens with zero attached hydrogens (tertiary/aromatic N) is 3. The van der Waals surface area contributed by atoms with Crippen molar-refractivity contribution in [3.8, 4) is 5.75 Å². The third kappa shape index (κ3) is 5.39. The number of benzene rings is 1. The van der Waals surface area contributed by atoms with Gasteiger partial charge in [-0.2, -0.15) is 0 Å². The predicted molar refractivity (Wildman–Crippen MR) is 105 cm³/mol. The van der Waals surface area contributed by atoms with Gasteiger partial charge in [-0.05, 0) is 22.9 Å². The number of aromatic nitrogens is 3. The molecule has 1 aromatic heterocycles. The molecule has 2 aromatic rings. The number of hydrogen-bond donors (Lipinski definition) is 0. The lowest BCUT2D eigenvalue weighted by Crippen LogP contribution is -2.16. The average Bonchev–Trinajstić information content (AvgIpc) is 2.51. The maximum absolute atomic E-state index is 6.10. The van der Waals surface area contributed by atoms with Crippen LogP contribution in [0.2, 0.25) is 5.02 Å². The third-order valence-corrected chi connectivity index (χ3v) is 4.32. The molecule has 0 saturated heterocycles. The largest absolute Gasteiger partial charge is 0.495 e. The standard InChI is InChI=1S/C14H8Cl7N3O/c1-25-10-5-3-7(6-9(10)15)2-4-8-11(13(16,17)18)22-24-23-12(8)14(19,20)21/h2-6H,1H3. The van der Waals surface area contributed by atoms with Gasteiger partial charge in [0.05, 0.1) is 12.1 Å². The van der Waals surface area contributed by atoms with Gasteiger partial charge in [-0.1, -0.05) is 99.4 Å². The van der Waals surface area contributed by atoms with Crippen LogP contribution < -0.4 is 4.74 Å². The zero-order valence-corrected chi connectivity index (χ0v) is 17.6. The number of ether oxygens (including phenoxy) is 1. The lowest BCUT2D eigenvalue weighted by atomic mass is 10.1. The second-order valence-corrected chi connectivity index (χ2v) is 9.59. The second-order valence-electron chi connectivity index (χ2n) is 4.62. The molecule has 11 heteroatoms. The first kappa shape index (κ1) is 21.1. The van der Waals surface area contributed by atoms with Crippen molar-refractivity contribution in [2.24, 2.45) is 0 Å². The molecule has 0 saturated carbocycles. The molecule has 0 unspecified atom stereocenters. The van der Waals surface area contributed by atoms with Crippen LogP contribution in [0.5, 0.6) is 5.75 Å². The second kappa shape index (κ2) is 8.22. The normalized spacial score (nSPS) is 12.6. The monoisotopic (exact) mass is 479 g/mol. The van der Waals surface area contributed by atoms with Crippen molar-refractivity contribution in [2.45, 2.75) is 7.59 Å². The van der Waals surface area contributed by atoms with E-state index in [0.29, 0.717) is 10.8 Å². The minimum absolute atomic E-state index is 0.0234. The Bertz CT molecular complexity index is 768. The number of methoxy groups -OCH3 is 1. The summed E-state index contributed by atoms with van der Waals surface area (Å²) in [4.78, 5) is 0. The van der Waals surface area contributed by atoms with E-state index in [1.54, 1.807) is 30.4 Å². The van der Waals surface area contributed by atoms with E-state index in [1.807, 2.05) is 0 Å². The molecule has 0 spiro atoms. The summed E-state index contributed by atoms with van der Waals surface area (Å²) in [6.07, 6.45) is 3.22. The Kier molecular flexibility index (Phi) is 6.94. The highest BCUT2D eigenvalue weighted by molar-refractivity contribution is 6.67. The minimum atomic E-state index is -1.89. The summed E-state index contributed by atoms with van der Waals surface area (Å²) in [6, 6.07) is 5.16. The zero-order chi connectivity index (χ0) is 18.8. The SMILES string of the molecule is COc1ccc(C=Cc2c(C(Cl)(Cl)Cl)nnnc2C(Cl)(Cl)Cl)cc1Cl. The van der Waals surface area contributed by atoms with Crippen molar-refractivity contribution in [1.82, 2.24) is 15.4 Å². The first-order chi connectivity index (χ1) is 11.5. The van der Waals surface area contributed by atoms with Crippen LogP contribution in [0.1, 0.15) is 22.5 Å². The molecule has 134 valence electrons. The van der Waals surface area contributed by atoms with Crippen LogP contribution in [0.25, 0.3) is 12.2 Å². The fourth-order valence-corrected chi connectivity index (χ4v) is 2.98. The smallest absolute Gasteiger partial charge is 0.235 e. The van der Waals surface area contributed by atoms with Gasteiger partial charge in [-0.25, -0.2) is 0 Å². The first-order valence-electron chi connectivity index (χ1n) is 6.43. The molecule has 0 aliphatic heterocycles. The highest BCUT2D eigenvalue weighted by Gasteiger charge is 2.36. The van der Waals surface area contributed by atoms with E-state index in [1.165, 1.54) is 7.11 Å². The molecular formula is C14H8Cl7N3O. The summed E-state index contributed by atoms with van der Waals surface area (Å²) in [7, 11) is 1.52. The van der Waals surface area contributed by atoms with Gasteiger partial charge in [-0.3, -0.25) is 0 Å². The van der Waals surface area contributed by atoms with Crippen molar-refractivity contribution >= 4 is 93.4 Å². The number of alkyl halides is 6. The highest BCUT2D eigenvalue weighted by Crippen LogP contribution is 2.44. The maximum atomic E-state index is 6.10. The van der Waals surface area contributed by atoms with E-state index in [4.69, 9.17) is 85.9 Å². The van der Waals surface area contributed by atoms with Crippen LogP contribution in [0.4, 0.5) is 0 Å². The third-order valence-electron chi connectivity index (χ3n) is 2.96. The fraction of sp³-hybridized carbons (Fsp3) is 0.214. The van der Waals surface area contributed by atoms with E-state index < -0.39 is 7.59 Å². The topological polar surface area (TPSA) is 47.9 Å². The zero-order valence-electron chi connectivity index (χ0n) is 12.3. The first-order valence-corrected chi connectivity index (χ1v) is 9.08. The number of hydrogen-bond acceptors (Lipinski definition) is 4. The van der Waals surface area contributed by atoms with Crippen LogP contribution in [0.3, 0.4) is 0 Å². The molecule has 0 N–H and O–H groups in total. The van der Waals surface area contributed by atoms with Crippen LogP contribution in [0, 0.1) is 0 Å². The van der Waals surface area contributed by atoms with Gasteiger partial charge in [0.2, 0.25) is 7.59 Å². The van der Waals surface area contributed by atoms with Crippen molar-refractivity contribution in [3.63, 3.8) is 0 Å². The molecule has 1 aromatic carbocycles. The Balaban J connectivity index is 2.55. The van der Waals surface area contributed by atoms with E-state index in [-0.39, 0.29) is 17.0 Å². The van der Waals surface area contributed by atoms with Crippen molar-refractivity contribution < 1.29 is 4.74 Å². The van der Waals surface area contributed by atoms with Gasteiger partial charge in [0.1, 0.15) is 17.1 Å². The summed E-state index contributed by atoms with van der Waals surface area (Å²) in [6.45, 7) is 0. The molecule has 2 rings (SSSR count). The van der Waals surface area contributed by atoms with Crippen molar-refractivity contribution in [1.29, 1.82) is 0 Å². The molecule has 0 bridgehead atoms. The average molecular weight is 482 g/mol. The fourth-order valence-electron chi connectivity index (χ4n) is 1.87. The van der Waals surface area contributed by atoms with E-state index in [2.05, 4.69) is 15.4 Å². The van der Waals surface area contributed by atoms with Crippen LogP contribution >= 0.6 is 81.2 Å². The van der Waals surface area contributed by atoms with Gasteiger partial charge in [0, 0.05) is 5.56 Å². The molecule has 0 fully saturated rings. The number of rotatable bonds is 3. The summed E-state index contributed by atoms with van der Waals surface area (Å²) >= 11 is 41.7. The molecule has 0 atom stereocenters. The summed E-state index contributed by atoms with van der Waals surface area (Å²) in [5.41, 5.74) is 0.907. The van der Waals surface area contributed by atoms with Gasteiger partial charge in [0.15, 0.2) is 0 Å². The van der Waals surface area contributed by atoms with Crippen LogP contribution in [-0.4, -0.2) is 22.5 Å². The molecule has 0 aliphatic carbocycles. The lowest BCUT2D eigenvalue weighted by molar-refractivity contribution is 0.415. The molecule has 4 nitrogen and oxygen atoms in total. The quantitative estimate of drug-likeness (QED) is 0.478. The van der Waals surface area contributed by atoms with Crippen LogP contribution in [0.15, 0.2) is 18.2 Å². The number of halogens is 7. The Morgan fingerprint density at radius 3 is 1.92 bits per heavy atom. The highest BCUT2D eigenvalue weighted by atomic mass is 35.6. The molecule has 0 aliphatic rings. The summed E-state index contributed by atoms with van der Waals surface area (Å²) < 4.78 is 1.32. The molecule has 0 amide bonds. The minimum Gasteiger partial charge on any atom is -0.495 e. The van der Waals surface area contributed by atoms with E-state index >= 15 is 0 Å².